The maximum atomic E-state index is 13.8. The maximum absolute atomic E-state index is 13.8. The van der Waals surface area contributed by atoms with Crippen LogP contribution < -0.4 is 0 Å². The Morgan fingerprint density at radius 1 is 1.39 bits per heavy atom. The van der Waals surface area contributed by atoms with Gasteiger partial charge in [-0.3, -0.25) is 4.90 Å². The van der Waals surface area contributed by atoms with Crippen LogP contribution in [0.5, 0.6) is 0 Å². The first kappa shape index (κ1) is 16.5. The number of aromatic nitrogens is 1. The van der Waals surface area contributed by atoms with Crippen LogP contribution >= 0.6 is 11.3 Å². The van der Waals surface area contributed by atoms with Crippen LogP contribution in [0.25, 0.3) is 0 Å². The molecule has 23 heavy (non-hydrogen) atoms. The van der Waals surface area contributed by atoms with Gasteiger partial charge < -0.3 is 5.11 Å². The molecule has 0 saturated carbocycles. The van der Waals surface area contributed by atoms with Gasteiger partial charge in [-0.05, 0) is 45.4 Å². The van der Waals surface area contributed by atoms with Crippen molar-refractivity contribution in [3.05, 3.63) is 51.0 Å². The Morgan fingerprint density at radius 3 is 2.78 bits per heavy atom. The lowest BCUT2D eigenvalue weighted by molar-refractivity contribution is 0.0939. The average molecular weight is 338 g/mol. The van der Waals surface area contributed by atoms with Gasteiger partial charge in [0.15, 0.2) is 0 Å². The molecule has 2 unspecified atom stereocenters. The molecular weight excluding hydrogens is 318 g/mol. The van der Waals surface area contributed by atoms with E-state index in [1.54, 1.807) is 11.3 Å². The van der Waals surface area contributed by atoms with Crippen LogP contribution in [0.3, 0.4) is 0 Å². The number of thiazole rings is 1. The number of fused-ring (bicyclic) bond motifs is 1. The van der Waals surface area contributed by atoms with E-state index in [1.807, 2.05) is 18.9 Å². The third-order valence-electron chi connectivity index (χ3n) is 4.35. The lowest BCUT2D eigenvalue weighted by Gasteiger charge is -2.32. The molecule has 2 atom stereocenters. The number of hydrogen-bond acceptors (Lipinski definition) is 4. The molecule has 1 aliphatic rings. The summed E-state index contributed by atoms with van der Waals surface area (Å²) in [5.74, 6) is -1.41. The number of nitrogens with zero attached hydrogens (tertiary/aromatic N) is 2. The van der Waals surface area contributed by atoms with Crippen LogP contribution in [-0.2, 0) is 6.42 Å². The van der Waals surface area contributed by atoms with Crippen molar-refractivity contribution in [1.29, 1.82) is 0 Å². The summed E-state index contributed by atoms with van der Waals surface area (Å²) in [7, 11) is 1.89. The van der Waals surface area contributed by atoms with E-state index in [2.05, 4.69) is 4.98 Å². The molecule has 0 fully saturated rings. The zero-order chi connectivity index (χ0) is 16.6. The molecule has 0 radical (unpaired) electrons. The summed E-state index contributed by atoms with van der Waals surface area (Å²) in [5.41, 5.74) is 0.873. The van der Waals surface area contributed by atoms with E-state index in [0.29, 0.717) is 0 Å². The molecule has 0 amide bonds. The summed E-state index contributed by atoms with van der Waals surface area (Å²) in [6, 6.07) is 3.80. The van der Waals surface area contributed by atoms with Crippen molar-refractivity contribution < 1.29 is 13.9 Å². The summed E-state index contributed by atoms with van der Waals surface area (Å²) < 4.78 is 27.6. The van der Waals surface area contributed by atoms with E-state index < -0.39 is 17.7 Å². The van der Waals surface area contributed by atoms with E-state index in [1.165, 1.54) is 23.1 Å². The third kappa shape index (κ3) is 3.29. The number of aryl methyl sites for hydroxylation is 2. The Kier molecular flexibility index (Phi) is 4.75. The maximum Gasteiger partial charge on any atom is 0.131 e. The smallest absolute Gasteiger partial charge is 0.131 e. The Morgan fingerprint density at radius 2 is 2.09 bits per heavy atom. The Labute approximate surface area is 138 Å². The SMILES string of the molecule is Cc1nc2c(s1)C(N(C)CC(O)c1c(F)cccc1F)CCC2. The molecule has 1 aliphatic carbocycles. The number of benzene rings is 1. The first-order chi connectivity index (χ1) is 11.0. The van der Waals surface area contributed by atoms with Gasteiger partial charge in [-0.1, -0.05) is 6.07 Å². The minimum absolute atomic E-state index is 0.148. The summed E-state index contributed by atoms with van der Waals surface area (Å²) in [6.07, 6.45) is 1.79. The fourth-order valence-electron chi connectivity index (χ4n) is 3.26. The van der Waals surface area contributed by atoms with Gasteiger partial charge in [-0.25, -0.2) is 13.8 Å². The number of aliphatic hydroxyl groups excluding tert-OH is 1. The van der Waals surface area contributed by atoms with E-state index in [4.69, 9.17) is 0 Å². The molecule has 1 heterocycles. The molecule has 1 aromatic carbocycles. The second-order valence-electron chi connectivity index (χ2n) is 6.04. The lowest BCUT2D eigenvalue weighted by atomic mass is 9.96. The zero-order valence-corrected chi connectivity index (χ0v) is 14.0. The summed E-state index contributed by atoms with van der Waals surface area (Å²) in [5, 5.41) is 11.3. The summed E-state index contributed by atoms with van der Waals surface area (Å²) in [6.45, 7) is 2.17. The molecule has 3 nitrogen and oxygen atoms in total. The van der Waals surface area contributed by atoms with E-state index >= 15 is 0 Å². The van der Waals surface area contributed by atoms with Crippen molar-refractivity contribution in [3.63, 3.8) is 0 Å². The fraction of sp³-hybridized carbons (Fsp3) is 0.471. The molecule has 124 valence electrons. The fourth-order valence-corrected chi connectivity index (χ4v) is 4.43. The molecule has 0 spiro atoms. The topological polar surface area (TPSA) is 36.4 Å². The number of rotatable bonds is 4. The zero-order valence-electron chi connectivity index (χ0n) is 13.2. The molecule has 6 heteroatoms. The van der Waals surface area contributed by atoms with Crippen molar-refractivity contribution >= 4 is 11.3 Å². The van der Waals surface area contributed by atoms with Crippen molar-refractivity contribution in [2.75, 3.05) is 13.6 Å². The van der Waals surface area contributed by atoms with Crippen LogP contribution in [0.2, 0.25) is 0 Å². The number of halogens is 2. The van der Waals surface area contributed by atoms with Crippen LogP contribution in [-0.4, -0.2) is 28.6 Å². The largest absolute Gasteiger partial charge is 0.387 e. The van der Waals surface area contributed by atoms with Crippen molar-refractivity contribution in [3.8, 4) is 0 Å². The molecule has 1 aromatic heterocycles. The van der Waals surface area contributed by atoms with Crippen molar-refractivity contribution in [1.82, 2.24) is 9.88 Å². The Balaban J connectivity index is 1.78. The van der Waals surface area contributed by atoms with Crippen LogP contribution in [0.4, 0.5) is 8.78 Å². The quantitative estimate of drug-likeness (QED) is 0.922. The standard InChI is InChI=1S/C17H20F2N2OS/c1-10-20-13-7-4-8-14(17(13)23-10)21(2)9-15(22)16-11(18)5-3-6-12(16)19/h3,5-6,14-15,22H,4,7-9H2,1-2H3. The molecule has 2 aromatic rings. The summed E-state index contributed by atoms with van der Waals surface area (Å²) >= 11 is 1.67. The molecule has 0 bridgehead atoms. The van der Waals surface area contributed by atoms with Crippen LogP contribution in [0, 0.1) is 18.6 Å². The second-order valence-corrected chi connectivity index (χ2v) is 7.28. The predicted molar refractivity (Wildman–Crippen MR) is 86.5 cm³/mol. The molecule has 1 N–H and O–H groups in total. The van der Waals surface area contributed by atoms with Gasteiger partial charge in [-0.2, -0.15) is 0 Å². The molecule has 3 rings (SSSR count). The monoisotopic (exact) mass is 338 g/mol. The van der Waals surface area contributed by atoms with Gasteiger partial charge in [0.05, 0.1) is 22.4 Å². The van der Waals surface area contributed by atoms with E-state index in [0.717, 1.165) is 30.0 Å². The number of aliphatic hydroxyl groups is 1. The van der Waals surface area contributed by atoms with Crippen LogP contribution in [0.1, 0.15) is 46.1 Å². The van der Waals surface area contributed by atoms with Gasteiger partial charge in [0.1, 0.15) is 11.6 Å². The number of hydrogen-bond donors (Lipinski definition) is 1. The predicted octanol–water partition coefficient (Wildman–Crippen LogP) is 3.77. The van der Waals surface area contributed by atoms with E-state index in [-0.39, 0.29) is 18.2 Å². The van der Waals surface area contributed by atoms with E-state index in [9.17, 15) is 13.9 Å². The lowest BCUT2D eigenvalue weighted by Crippen LogP contribution is -2.31. The van der Waals surface area contributed by atoms with Gasteiger partial charge >= 0.3 is 0 Å². The molecule has 0 saturated heterocycles. The van der Waals surface area contributed by atoms with Gasteiger partial charge in [0.25, 0.3) is 0 Å². The van der Waals surface area contributed by atoms with Crippen molar-refractivity contribution in [2.24, 2.45) is 0 Å². The summed E-state index contributed by atoms with van der Waals surface area (Å²) in [4.78, 5) is 7.76. The highest BCUT2D eigenvalue weighted by molar-refractivity contribution is 7.11. The first-order valence-corrected chi connectivity index (χ1v) is 8.57. The molecule has 0 aliphatic heterocycles. The second kappa shape index (κ2) is 6.63. The Bertz CT molecular complexity index is 684. The Hall–Kier alpha value is -1.37. The van der Waals surface area contributed by atoms with Crippen LogP contribution in [0.15, 0.2) is 18.2 Å². The normalized spacial score (nSPS) is 19.0. The van der Waals surface area contributed by atoms with Crippen molar-refractivity contribution in [2.45, 2.75) is 38.3 Å². The molecular formula is C17H20F2N2OS. The number of likely N-dealkylation sites (N-methyl/N-ethyl adjacent to an activating group) is 1. The van der Waals surface area contributed by atoms with Gasteiger partial charge in [-0.15, -0.1) is 11.3 Å². The highest BCUT2D eigenvalue weighted by Crippen LogP contribution is 2.38. The first-order valence-electron chi connectivity index (χ1n) is 7.75. The van der Waals surface area contributed by atoms with Gasteiger partial charge in [0.2, 0.25) is 0 Å². The minimum atomic E-state index is -1.19. The third-order valence-corrected chi connectivity index (χ3v) is 5.47. The highest BCUT2D eigenvalue weighted by atomic mass is 32.1. The highest BCUT2D eigenvalue weighted by Gasteiger charge is 2.29. The van der Waals surface area contributed by atoms with Gasteiger partial charge in [0, 0.05) is 17.5 Å². The average Bonchev–Trinajstić information content (AvgIpc) is 2.86. The minimum Gasteiger partial charge on any atom is -0.387 e.